The molecule has 92 valence electrons. The minimum absolute atomic E-state index is 0.00464. The molecule has 1 amide bonds. The number of carboxylic acid groups (broad SMARTS) is 1. The van der Waals surface area contributed by atoms with Crippen molar-refractivity contribution in [2.75, 3.05) is 14.1 Å². The first-order chi connectivity index (χ1) is 7.22. The van der Waals surface area contributed by atoms with Gasteiger partial charge in [0.15, 0.2) is 0 Å². The standard InChI is InChI=1S/C10H17NO5/c1-10(2,5-6-12)7(8(13)14)16-9(15)11(3)4/h6-7H,5H2,1-4H3,(H,13,14). The molecule has 0 saturated heterocycles. The number of ether oxygens (including phenoxy) is 1. The molecule has 0 aromatic carbocycles. The molecule has 6 nitrogen and oxygen atoms in total. The molecule has 0 aliphatic heterocycles. The van der Waals surface area contributed by atoms with Crippen molar-refractivity contribution in [3.63, 3.8) is 0 Å². The van der Waals surface area contributed by atoms with Crippen LogP contribution in [0.25, 0.3) is 0 Å². The Kier molecular flexibility index (Phi) is 4.94. The number of carbonyl (C=O) groups is 3. The monoisotopic (exact) mass is 231 g/mol. The van der Waals surface area contributed by atoms with Gasteiger partial charge in [0, 0.05) is 25.9 Å². The van der Waals surface area contributed by atoms with Crippen LogP contribution in [0.3, 0.4) is 0 Å². The second-order valence-electron chi connectivity index (χ2n) is 4.36. The number of hydrogen-bond acceptors (Lipinski definition) is 4. The molecule has 1 N–H and O–H groups in total. The maximum absolute atomic E-state index is 11.3. The zero-order valence-electron chi connectivity index (χ0n) is 9.89. The second kappa shape index (κ2) is 5.48. The van der Waals surface area contributed by atoms with E-state index in [2.05, 4.69) is 0 Å². The van der Waals surface area contributed by atoms with Gasteiger partial charge in [0.1, 0.15) is 6.29 Å². The average molecular weight is 231 g/mol. The van der Waals surface area contributed by atoms with Crippen molar-refractivity contribution in [1.82, 2.24) is 4.90 Å². The van der Waals surface area contributed by atoms with Crippen molar-refractivity contribution in [3.8, 4) is 0 Å². The molecule has 0 saturated carbocycles. The summed E-state index contributed by atoms with van der Waals surface area (Å²) in [7, 11) is 2.90. The lowest BCUT2D eigenvalue weighted by Crippen LogP contribution is -2.42. The van der Waals surface area contributed by atoms with Crippen LogP contribution < -0.4 is 0 Å². The van der Waals surface area contributed by atoms with Gasteiger partial charge in [0.05, 0.1) is 0 Å². The Morgan fingerprint density at radius 1 is 1.44 bits per heavy atom. The van der Waals surface area contributed by atoms with Gasteiger partial charge in [0.2, 0.25) is 6.10 Å². The van der Waals surface area contributed by atoms with Crippen LogP contribution in [0.1, 0.15) is 20.3 Å². The fourth-order valence-electron chi connectivity index (χ4n) is 1.07. The lowest BCUT2D eigenvalue weighted by molar-refractivity contribution is -0.154. The molecule has 0 aromatic rings. The number of nitrogens with zero attached hydrogens (tertiary/aromatic N) is 1. The molecule has 6 heteroatoms. The molecule has 0 spiro atoms. The number of carbonyl (C=O) groups excluding carboxylic acids is 2. The zero-order chi connectivity index (χ0) is 12.9. The lowest BCUT2D eigenvalue weighted by Gasteiger charge is -2.29. The van der Waals surface area contributed by atoms with Gasteiger partial charge in [-0.25, -0.2) is 9.59 Å². The van der Waals surface area contributed by atoms with Crippen LogP contribution in [0.2, 0.25) is 0 Å². The van der Waals surface area contributed by atoms with Gasteiger partial charge >= 0.3 is 12.1 Å². The molecule has 0 aliphatic carbocycles. The number of aldehydes is 1. The fraction of sp³-hybridized carbons (Fsp3) is 0.700. The van der Waals surface area contributed by atoms with Crippen molar-refractivity contribution in [1.29, 1.82) is 0 Å². The third-order valence-corrected chi connectivity index (χ3v) is 2.13. The van der Waals surface area contributed by atoms with Gasteiger partial charge in [-0.3, -0.25) is 0 Å². The summed E-state index contributed by atoms with van der Waals surface area (Å²) in [5.74, 6) is -1.26. The molecule has 1 unspecified atom stereocenters. The molecule has 1 atom stereocenters. The van der Waals surface area contributed by atoms with Gasteiger partial charge in [-0.15, -0.1) is 0 Å². The van der Waals surface area contributed by atoms with E-state index in [0.717, 1.165) is 4.90 Å². The van der Waals surface area contributed by atoms with E-state index < -0.39 is 23.6 Å². The van der Waals surface area contributed by atoms with E-state index in [9.17, 15) is 14.4 Å². The van der Waals surface area contributed by atoms with Gasteiger partial charge < -0.3 is 19.5 Å². The average Bonchev–Trinajstić information content (AvgIpc) is 2.12. The summed E-state index contributed by atoms with van der Waals surface area (Å²) < 4.78 is 4.82. The Hall–Kier alpha value is -1.59. The largest absolute Gasteiger partial charge is 0.478 e. The summed E-state index contributed by atoms with van der Waals surface area (Å²) in [6.45, 7) is 3.12. The fourth-order valence-corrected chi connectivity index (χ4v) is 1.07. The van der Waals surface area contributed by atoms with Crippen LogP contribution in [0.5, 0.6) is 0 Å². The van der Waals surface area contributed by atoms with Gasteiger partial charge in [-0.05, 0) is 0 Å². The SMILES string of the molecule is CN(C)C(=O)OC(C(=O)O)C(C)(C)CC=O. The van der Waals surface area contributed by atoms with Crippen LogP contribution >= 0.6 is 0 Å². The quantitative estimate of drug-likeness (QED) is 0.706. The van der Waals surface area contributed by atoms with E-state index in [1.54, 1.807) is 13.8 Å². The van der Waals surface area contributed by atoms with Crippen molar-refractivity contribution >= 4 is 18.3 Å². The number of carboxylic acids is 1. The summed E-state index contributed by atoms with van der Waals surface area (Å²) >= 11 is 0. The minimum Gasteiger partial charge on any atom is -0.478 e. The Balaban J connectivity index is 4.81. The number of rotatable bonds is 5. The number of aliphatic carboxylic acids is 1. The molecular formula is C10H17NO5. The van der Waals surface area contributed by atoms with Crippen LogP contribution in [0.15, 0.2) is 0 Å². The van der Waals surface area contributed by atoms with E-state index >= 15 is 0 Å². The van der Waals surface area contributed by atoms with Crippen LogP contribution in [0.4, 0.5) is 4.79 Å². The molecule has 0 bridgehead atoms. The molecule has 0 aliphatic rings. The number of amides is 1. The Morgan fingerprint density at radius 3 is 2.25 bits per heavy atom. The van der Waals surface area contributed by atoms with Gasteiger partial charge in [0.25, 0.3) is 0 Å². The van der Waals surface area contributed by atoms with E-state index in [0.29, 0.717) is 6.29 Å². The van der Waals surface area contributed by atoms with E-state index in [4.69, 9.17) is 9.84 Å². The maximum Gasteiger partial charge on any atom is 0.410 e. The summed E-state index contributed by atoms with van der Waals surface area (Å²) in [6.07, 6.45) is -1.47. The summed E-state index contributed by atoms with van der Waals surface area (Å²) in [5, 5.41) is 8.95. The topological polar surface area (TPSA) is 83.9 Å². The Labute approximate surface area is 94.2 Å². The summed E-state index contributed by atoms with van der Waals surface area (Å²) in [4.78, 5) is 33.8. The van der Waals surface area contributed by atoms with E-state index in [-0.39, 0.29) is 6.42 Å². The first kappa shape index (κ1) is 14.4. The summed E-state index contributed by atoms with van der Waals surface area (Å²) in [6, 6.07) is 0. The normalized spacial score (nSPS) is 12.8. The predicted octanol–water partition coefficient (Wildman–Crippen LogP) is 0.753. The third-order valence-electron chi connectivity index (χ3n) is 2.13. The minimum atomic E-state index is -1.34. The molecule has 0 fully saturated rings. The Morgan fingerprint density at radius 2 is 1.94 bits per heavy atom. The molecule has 0 radical (unpaired) electrons. The van der Waals surface area contributed by atoms with Crippen LogP contribution in [-0.2, 0) is 14.3 Å². The predicted molar refractivity (Wildman–Crippen MR) is 56.1 cm³/mol. The third kappa shape index (κ3) is 3.88. The highest BCUT2D eigenvalue weighted by Gasteiger charge is 2.38. The first-order valence-corrected chi connectivity index (χ1v) is 4.76. The van der Waals surface area contributed by atoms with E-state index in [1.807, 2.05) is 0 Å². The lowest BCUT2D eigenvalue weighted by atomic mass is 9.83. The highest BCUT2D eigenvalue weighted by atomic mass is 16.6. The highest BCUT2D eigenvalue weighted by Crippen LogP contribution is 2.27. The Bertz CT molecular complexity index is 285. The van der Waals surface area contributed by atoms with E-state index in [1.165, 1.54) is 14.1 Å². The van der Waals surface area contributed by atoms with Crippen LogP contribution in [0, 0.1) is 5.41 Å². The molecule has 16 heavy (non-hydrogen) atoms. The highest BCUT2D eigenvalue weighted by molar-refractivity contribution is 5.78. The van der Waals surface area contributed by atoms with Crippen molar-refractivity contribution < 1.29 is 24.2 Å². The van der Waals surface area contributed by atoms with Gasteiger partial charge in [-0.2, -0.15) is 0 Å². The second-order valence-corrected chi connectivity index (χ2v) is 4.36. The van der Waals surface area contributed by atoms with Crippen molar-refractivity contribution in [2.24, 2.45) is 5.41 Å². The van der Waals surface area contributed by atoms with Crippen molar-refractivity contribution in [2.45, 2.75) is 26.4 Å². The smallest absolute Gasteiger partial charge is 0.410 e. The molecular weight excluding hydrogens is 214 g/mol. The first-order valence-electron chi connectivity index (χ1n) is 4.76. The maximum atomic E-state index is 11.3. The molecule has 0 heterocycles. The van der Waals surface area contributed by atoms with Gasteiger partial charge in [-0.1, -0.05) is 13.8 Å². The molecule has 0 rings (SSSR count). The summed E-state index contributed by atoms with van der Waals surface area (Å²) in [5.41, 5.74) is -0.931. The number of hydrogen-bond donors (Lipinski definition) is 1. The van der Waals surface area contributed by atoms with Crippen molar-refractivity contribution in [3.05, 3.63) is 0 Å². The zero-order valence-corrected chi connectivity index (χ0v) is 9.89. The van der Waals surface area contributed by atoms with Crippen LogP contribution in [-0.4, -0.2) is 48.6 Å². The molecule has 0 aromatic heterocycles.